The summed E-state index contributed by atoms with van der Waals surface area (Å²) >= 11 is 0. The molecule has 1 aliphatic heterocycles. The van der Waals surface area contributed by atoms with Crippen molar-refractivity contribution in [2.24, 2.45) is 0 Å². The summed E-state index contributed by atoms with van der Waals surface area (Å²) in [7, 11) is 0. The maximum atomic E-state index is 11.9. The fraction of sp³-hybridized carbons (Fsp3) is 0.308. The van der Waals surface area contributed by atoms with Gasteiger partial charge in [0.2, 0.25) is 6.79 Å². The Balaban J connectivity index is 1.77. The highest BCUT2D eigenvalue weighted by Gasteiger charge is 2.16. The van der Waals surface area contributed by atoms with Crippen molar-refractivity contribution >= 4 is 17.9 Å². The molecule has 2 rings (SSSR count). The molecule has 1 heterocycles. The van der Waals surface area contributed by atoms with Gasteiger partial charge in [0.25, 0.3) is 11.8 Å². The molecule has 0 aromatic heterocycles. The van der Waals surface area contributed by atoms with E-state index in [1.54, 1.807) is 19.1 Å². The van der Waals surface area contributed by atoms with Crippen molar-refractivity contribution in [3.8, 4) is 11.5 Å². The Morgan fingerprint density at radius 2 is 1.95 bits per heavy atom. The summed E-state index contributed by atoms with van der Waals surface area (Å²) in [5.74, 6) is -0.0132. The molecule has 22 heavy (non-hydrogen) atoms. The average molecular weight is 309 g/mol. The number of carbonyl (C=O) groups is 3. The Hall–Kier alpha value is -2.97. The van der Waals surface area contributed by atoms with Gasteiger partial charge in [-0.15, -0.1) is 0 Å². The fourth-order valence-electron chi connectivity index (χ4n) is 1.63. The Kier molecular flexibility index (Phi) is 5.02. The van der Waals surface area contributed by atoms with Crippen LogP contribution >= 0.6 is 0 Å². The minimum Gasteiger partial charge on any atom is -0.454 e. The summed E-state index contributed by atoms with van der Waals surface area (Å²) in [6, 6.07) is 4.68. The largest absolute Gasteiger partial charge is 0.454 e. The van der Waals surface area contributed by atoms with Gasteiger partial charge in [-0.3, -0.25) is 15.0 Å². The summed E-state index contributed by atoms with van der Waals surface area (Å²) in [4.78, 5) is 34.3. The smallest absolute Gasteiger partial charge is 0.426 e. The highest BCUT2D eigenvalue weighted by Crippen LogP contribution is 2.32. The molecule has 0 aliphatic carbocycles. The third-order valence-electron chi connectivity index (χ3n) is 2.62. The van der Waals surface area contributed by atoms with Crippen molar-refractivity contribution in [3.63, 3.8) is 0 Å². The van der Waals surface area contributed by atoms with Crippen molar-refractivity contribution < 1.29 is 28.6 Å². The van der Waals surface area contributed by atoms with E-state index in [2.05, 4.69) is 15.5 Å². The molecule has 1 aromatic carbocycles. The first-order chi connectivity index (χ1) is 10.6. The van der Waals surface area contributed by atoms with Gasteiger partial charge < -0.3 is 19.5 Å². The number of benzene rings is 1. The van der Waals surface area contributed by atoms with Crippen LogP contribution in [-0.4, -0.2) is 37.9 Å². The number of hydrazine groups is 1. The molecule has 0 atom stereocenters. The standard InChI is InChI=1S/C13H15N3O6/c1-2-20-13(19)16-15-11(17)6-14-12(18)8-3-4-9-10(5-8)22-7-21-9/h3-5H,2,6-7H2,1H3,(H,14,18)(H,15,17)(H,16,19). The maximum Gasteiger partial charge on any atom is 0.426 e. The molecule has 9 nitrogen and oxygen atoms in total. The highest BCUT2D eigenvalue weighted by atomic mass is 16.7. The summed E-state index contributed by atoms with van der Waals surface area (Å²) in [5, 5.41) is 2.41. The van der Waals surface area contributed by atoms with E-state index in [4.69, 9.17) is 9.47 Å². The quantitative estimate of drug-likeness (QED) is 0.670. The number of hydrogen-bond acceptors (Lipinski definition) is 6. The van der Waals surface area contributed by atoms with Gasteiger partial charge in [0, 0.05) is 5.56 Å². The molecule has 3 amide bonds. The zero-order valence-corrected chi connectivity index (χ0v) is 11.8. The van der Waals surface area contributed by atoms with Crippen LogP contribution in [0.2, 0.25) is 0 Å². The van der Waals surface area contributed by atoms with E-state index < -0.39 is 17.9 Å². The Morgan fingerprint density at radius 3 is 2.73 bits per heavy atom. The number of ether oxygens (including phenoxy) is 3. The van der Waals surface area contributed by atoms with Gasteiger partial charge in [-0.2, -0.15) is 0 Å². The number of nitrogens with one attached hydrogen (secondary N) is 3. The molecule has 0 saturated heterocycles. The molecule has 0 fully saturated rings. The van der Waals surface area contributed by atoms with Gasteiger partial charge in [0.05, 0.1) is 13.2 Å². The van der Waals surface area contributed by atoms with E-state index in [-0.39, 0.29) is 19.9 Å². The van der Waals surface area contributed by atoms with E-state index in [1.165, 1.54) is 6.07 Å². The van der Waals surface area contributed by atoms with Gasteiger partial charge in [-0.1, -0.05) is 0 Å². The third-order valence-corrected chi connectivity index (χ3v) is 2.62. The van der Waals surface area contributed by atoms with E-state index in [9.17, 15) is 14.4 Å². The van der Waals surface area contributed by atoms with Crippen molar-refractivity contribution in [2.75, 3.05) is 19.9 Å². The summed E-state index contributed by atoms with van der Waals surface area (Å²) in [6.07, 6.45) is -0.780. The number of fused-ring (bicyclic) bond motifs is 1. The molecule has 1 aliphatic rings. The summed E-state index contributed by atoms with van der Waals surface area (Å²) in [5.41, 5.74) is 4.45. The van der Waals surface area contributed by atoms with Gasteiger partial charge in [0.1, 0.15) is 0 Å². The van der Waals surface area contributed by atoms with Crippen molar-refractivity contribution in [2.45, 2.75) is 6.92 Å². The van der Waals surface area contributed by atoms with Crippen LogP contribution in [0.1, 0.15) is 17.3 Å². The second-order valence-corrected chi connectivity index (χ2v) is 4.14. The second kappa shape index (κ2) is 7.16. The van der Waals surface area contributed by atoms with E-state index >= 15 is 0 Å². The lowest BCUT2D eigenvalue weighted by molar-refractivity contribution is -0.121. The van der Waals surface area contributed by atoms with Crippen LogP contribution < -0.4 is 25.6 Å². The molecule has 1 aromatic rings. The van der Waals surface area contributed by atoms with Crippen LogP contribution in [0.3, 0.4) is 0 Å². The molecule has 0 saturated carbocycles. The minimum absolute atomic E-state index is 0.113. The summed E-state index contributed by atoms with van der Waals surface area (Å²) < 4.78 is 14.8. The third kappa shape index (κ3) is 4.01. The maximum absolute atomic E-state index is 11.9. The first-order valence-electron chi connectivity index (χ1n) is 6.49. The van der Waals surface area contributed by atoms with Crippen LogP contribution in [0.25, 0.3) is 0 Å². The SMILES string of the molecule is CCOC(=O)NNC(=O)CNC(=O)c1ccc2c(c1)OCO2. The summed E-state index contributed by atoms with van der Waals surface area (Å²) in [6.45, 7) is 1.62. The minimum atomic E-state index is -0.780. The highest BCUT2D eigenvalue weighted by molar-refractivity contribution is 5.97. The van der Waals surface area contributed by atoms with Gasteiger partial charge >= 0.3 is 6.09 Å². The first-order valence-corrected chi connectivity index (χ1v) is 6.49. The monoisotopic (exact) mass is 309 g/mol. The topological polar surface area (TPSA) is 115 Å². The molecular weight excluding hydrogens is 294 g/mol. The Labute approximate surface area is 125 Å². The Morgan fingerprint density at radius 1 is 1.18 bits per heavy atom. The number of hydrogen-bond donors (Lipinski definition) is 3. The number of carbonyl (C=O) groups excluding carboxylic acids is 3. The number of amides is 3. The first kappa shape index (κ1) is 15.4. The van der Waals surface area contributed by atoms with Crippen molar-refractivity contribution in [1.29, 1.82) is 0 Å². The molecule has 3 N–H and O–H groups in total. The van der Waals surface area contributed by atoms with Crippen molar-refractivity contribution in [1.82, 2.24) is 16.2 Å². The van der Waals surface area contributed by atoms with E-state index in [0.717, 1.165) is 0 Å². The molecule has 0 radical (unpaired) electrons. The molecule has 0 bridgehead atoms. The average Bonchev–Trinajstić information content (AvgIpc) is 2.98. The lowest BCUT2D eigenvalue weighted by atomic mass is 10.2. The van der Waals surface area contributed by atoms with Crippen LogP contribution in [0, 0.1) is 0 Å². The van der Waals surface area contributed by atoms with E-state index in [0.29, 0.717) is 17.1 Å². The van der Waals surface area contributed by atoms with E-state index in [1.807, 2.05) is 5.43 Å². The molecule has 9 heteroatoms. The van der Waals surface area contributed by atoms with Crippen LogP contribution in [0.5, 0.6) is 11.5 Å². The van der Waals surface area contributed by atoms with Gasteiger partial charge in [0.15, 0.2) is 11.5 Å². The van der Waals surface area contributed by atoms with Gasteiger partial charge in [-0.05, 0) is 25.1 Å². The lowest BCUT2D eigenvalue weighted by Crippen LogP contribution is -2.46. The molecular formula is C13H15N3O6. The van der Waals surface area contributed by atoms with Crippen molar-refractivity contribution in [3.05, 3.63) is 23.8 Å². The van der Waals surface area contributed by atoms with Gasteiger partial charge in [-0.25, -0.2) is 10.2 Å². The van der Waals surface area contributed by atoms with Crippen LogP contribution in [0.4, 0.5) is 4.79 Å². The van der Waals surface area contributed by atoms with Crippen LogP contribution in [0.15, 0.2) is 18.2 Å². The predicted octanol–water partition coefficient (Wildman–Crippen LogP) is -0.0776. The fourth-order valence-corrected chi connectivity index (χ4v) is 1.63. The second-order valence-electron chi connectivity index (χ2n) is 4.14. The lowest BCUT2D eigenvalue weighted by Gasteiger charge is -2.08. The molecule has 0 spiro atoms. The normalized spacial score (nSPS) is 11.5. The molecule has 118 valence electrons. The number of rotatable bonds is 4. The Bertz CT molecular complexity index is 589. The van der Waals surface area contributed by atoms with Crippen LogP contribution in [-0.2, 0) is 9.53 Å². The zero-order valence-electron chi connectivity index (χ0n) is 11.8. The molecule has 0 unspecified atom stereocenters. The zero-order chi connectivity index (χ0) is 15.9. The predicted molar refractivity (Wildman–Crippen MR) is 73.2 cm³/mol.